The summed E-state index contributed by atoms with van der Waals surface area (Å²) in [6, 6.07) is 0. The number of nitrogens with one attached hydrogen (secondary N) is 1. The average molecular weight is 230 g/mol. The lowest BCUT2D eigenvalue weighted by Crippen LogP contribution is -2.32. The first kappa shape index (κ1) is 15.9. The molecule has 1 N–H and O–H groups in total. The number of likely N-dealkylation sites (N-methyl/N-ethyl adjacent to an activating group) is 1. The zero-order valence-electron chi connectivity index (χ0n) is 11.6. The molecule has 0 aliphatic heterocycles. The van der Waals surface area contributed by atoms with Gasteiger partial charge in [0.1, 0.15) is 0 Å². The zero-order valence-corrected chi connectivity index (χ0v) is 11.6. The van der Waals surface area contributed by atoms with Crippen molar-refractivity contribution in [3.8, 4) is 0 Å². The summed E-state index contributed by atoms with van der Waals surface area (Å²) in [7, 11) is 2.19. The van der Waals surface area contributed by atoms with E-state index in [9.17, 15) is 0 Å². The maximum absolute atomic E-state index is 5.29. The lowest BCUT2D eigenvalue weighted by atomic mass is 10.2. The molecule has 0 saturated carbocycles. The van der Waals surface area contributed by atoms with Gasteiger partial charge in [0.2, 0.25) is 0 Å². The molecule has 0 atom stereocenters. The van der Waals surface area contributed by atoms with Crippen molar-refractivity contribution in [1.29, 1.82) is 0 Å². The van der Waals surface area contributed by atoms with Crippen LogP contribution < -0.4 is 5.32 Å². The molecule has 0 radical (unpaired) electrons. The summed E-state index contributed by atoms with van der Waals surface area (Å²) in [5.74, 6) is 0.760. The van der Waals surface area contributed by atoms with Gasteiger partial charge in [0.05, 0.1) is 0 Å². The van der Waals surface area contributed by atoms with Gasteiger partial charge in [-0.15, -0.1) is 0 Å². The summed E-state index contributed by atoms with van der Waals surface area (Å²) in [6.07, 6.45) is 2.39. The van der Waals surface area contributed by atoms with E-state index in [1.807, 2.05) is 6.92 Å². The van der Waals surface area contributed by atoms with Crippen molar-refractivity contribution in [3.05, 3.63) is 0 Å². The van der Waals surface area contributed by atoms with Crippen LogP contribution in [0.5, 0.6) is 0 Å². The normalized spacial score (nSPS) is 11.6. The first-order valence-electron chi connectivity index (χ1n) is 6.63. The van der Waals surface area contributed by atoms with Crippen molar-refractivity contribution in [2.75, 3.05) is 46.4 Å². The van der Waals surface area contributed by atoms with Crippen LogP contribution in [0.15, 0.2) is 0 Å². The molecule has 0 aromatic carbocycles. The Hall–Kier alpha value is -0.120. The summed E-state index contributed by atoms with van der Waals surface area (Å²) >= 11 is 0. The second kappa shape index (κ2) is 11.4. The van der Waals surface area contributed by atoms with E-state index >= 15 is 0 Å². The van der Waals surface area contributed by atoms with E-state index in [2.05, 4.69) is 31.1 Å². The molecule has 3 heteroatoms. The predicted octanol–water partition coefficient (Wildman–Crippen LogP) is 1.98. The number of hydrogen-bond donors (Lipinski definition) is 1. The lowest BCUT2D eigenvalue weighted by molar-refractivity contribution is 0.143. The molecule has 16 heavy (non-hydrogen) atoms. The molecule has 0 aromatic heterocycles. The number of nitrogens with zero attached hydrogens (tertiary/aromatic N) is 1. The minimum Gasteiger partial charge on any atom is -0.382 e. The minimum absolute atomic E-state index is 0.760. The fourth-order valence-corrected chi connectivity index (χ4v) is 1.71. The Labute approximate surface area is 102 Å². The molecule has 0 aliphatic carbocycles. The predicted molar refractivity (Wildman–Crippen MR) is 70.9 cm³/mol. The number of ether oxygens (including phenoxy) is 1. The minimum atomic E-state index is 0.760. The standard InChI is InChI=1S/C13H30N2O/c1-5-16-11-7-6-8-14-9-10-15(4)12-13(2)3/h13-14H,5-12H2,1-4H3. The van der Waals surface area contributed by atoms with Gasteiger partial charge in [-0.05, 0) is 39.3 Å². The fraction of sp³-hybridized carbons (Fsp3) is 1.00. The Morgan fingerprint density at radius 2 is 1.94 bits per heavy atom. The third-order valence-electron chi connectivity index (χ3n) is 2.44. The summed E-state index contributed by atoms with van der Waals surface area (Å²) in [5, 5.41) is 3.47. The molecular weight excluding hydrogens is 200 g/mol. The molecule has 0 unspecified atom stereocenters. The maximum atomic E-state index is 5.29. The van der Waals surface area contributed by atoms with Crippen molar-refractivity contribution in [1.82, 2.24) is 10.2 Å². The molecular formula is C13H30N2O. The highest BCUT2D eigenvalue weighted by molar-refractivity contribution is 4.57. The molecule has 0 fully saturated rings. The Morgan fingerprint density at radius 1 is 1.19 bits per heavy atom. The highest BCUT2D eigenvalue weighted by Crippen LogP contribution is 1.94. The molecule has 0 spiro atoms. The number of rotatable bonds is 11. The summed E-state index contributed by atoms with van der Waals surface area (Å²) in [5.41, 5.74) is 0. The van der Waals surface area contributed by atoms with Crippen LogP contribution in [0.1, 0.15) is 33.6 Å². The maximum Gasteiger partial charge on any atom is 0.0466 e. The van der Waals surface area contributed by atoms with Crippen LogP contribution in [-0.4, -0.2) is 51.3 Å². The van der Waals surface area contributed by atoms with E-state index in [1.54, 1.807) is 0 Å². The highest BCUT2D eigenvalue weighted by Gasteiger charge is 2.00. The van der Waals surface area contributed by atoms with Crippen LogP contribution >= 0.6 is 0 Å². The van der Waals surface area contributed by atoms with Crippen molar-refractivity contribution in [3.63, 3.8) is 0 Å². The van der Waals surface area contributed by atoms with Crippen LogP contribution in [-0.2, 0) is 4.74 Å². The van der Waals surface area contributed by atoms with E-state index in [-0.39, 0.29) is 0 Å². The third kappa shape index (κ3) is 12.0. The van der Waals surface area contributed by atoms with E-state index in [4.69, 9.17) is 4.74 Å². The molecule has 98 valence electrons. The monoisotopic (exact) mass is 230 g/mol. The number of unbranched alkanes of at least 4 members (excludes halogenated alkanes) is 1. The van der Waals surface area contributed by atoms with E-state index in [1.165, 1.54) is 19.4 Å². The molecule has 3 nitrogen and oxygen atoms in total. The van der Waals surface area contributed by atoms with Gasteiger partial charge >= 0.3 is 0 Å². The quantitative estimate of drug-likeness (QED) is 0.549. The Kier molecular flexibility index (Phi) is 11.3. The van der Waals surface area contributed by atoms with Crippen LogP contribution in [0, 0.1) is 5.92 Å². The summed E-state index contributed by atoms with van der Waals surface area (Å²) in [4.78, 5) is 2.39. The molecule has 0 aliphatic rings. The van der Waals surface area contributed by atoms with Gasteiger partial charge in [-0.1, -0.05) is 13.8 Å². The van der Waals surface area contributed by atoms with Crippen molar-refractivity contribution in [2.24, 2.45) is 5.92 Å². The van der Waals surface area contributed by atoms with Gasteiger partial charge < -0.3 is 15.0 Å². The van der Waals surface area contributed by atoms with E-state index in [0.29, 0.717) is 0 Å². The second-order valence-corrected chi connectivity index (χ2v) is 4.81. The topological polar surface area (TPSA) is 24.5 Å². The van der Waals surface area contributed by atoms with Gasteiger partial charge in [0, 0.05) is 32.8 Å². The molecule has 0 amide bonds. The Balaban J connectivity index is 3.08. The van der Waals surface area contributed by atoms with E-state index < -0.39 is 0 Å². The fourth-order valence-electron chi connectivity index (χ4n) is 1.71. The van der Waals surface area contributed by atoms with Gasteiger partial charge in [-0.25, -0.2) is 0 Å². The molecule has 0 saturated heterocycles. The third-order valence-corrected chi connectivity index (χ3v) is 2.44. The van der Waals surface area contributed by atoms with Gasteiger partial charge in [-0.3, -0.25) is 0 Å². The lowest BCUT2D eigenvalue weighted by Gasteiger charge is -2.18. The number of hydrogen-bond acceptors (Lipinski definition) is 3. The van der Waals surface area contributed by atoms with Crippen molar-refractivity contribution >= 4 is 0 Å². The largest absolute Gasteiger partial charge is 0.382 e. The molecule has 0 rings (SSSR count). The first-order chi connectivity index (χ1) is 7.66. The second-order valence-electron chi connectivity index (χ2n) is 4.81. The van der Waals surface area contributed by atoms with Gasteiger partial charge in [0.15, 0.2) is 0 Å². The Morgan fingerprint density at radius 3 is 2.56 bits per heavy atom. The highest BCUT2D eigenvalue weighted by atomic mass is 16.5. The summed E-state index contributed by atoms with van der Waals surface area (Å²) < 4.78 is 5.29. The van der Waals surface area contributed by atoms with Crippen LogP contribution in [0.25, 0.3) is 0 Å². The smallest absolute Gasteiger partial charge is 0.0466 e. The zero-order chi connectivity index (χ0) is 12.2. The SMILES string of the molecule is CCOCCCCNCCN(C)CC(C)C. The van der Waals surface area contributed by atoms with Gasteiger partial charge in [-0.2, -0.15) is 0 Å². The van der Waals surface area contributed by atoms with Crippen molar-refractivity contribution < 1.29 is 4.74 Å². The molecule has 0 heterocycles. The van der Waals surface area contributed by atoms with Crippen molar-refractivity contribution in [2.45, 2.75) is 33.6 Å². The Bertz CT molecular complexity index is 140. The van der Waals surface area contributed by atoms with Crippen LogP contribution in [0.2, 0.25) is 0 Å². The van der Waals surface area contributed by atoms with Crippen LogP contribution in [0.4, 0.5) is 0 Å². The van der Waals surface area contributed by atoms with E-state index in [0.717, 1.165) is 38.8 Å². The molecule has 0 bridgehead atoms. The average Bonchev–Trinajstić information content (AvgIpc) is 2.21. The first-order valence-corrected chi connectivity index (χ1v) is 6.63. The van der Waals surface area contributed by atoms with Gasteiger partial charge in [0.25, 0.3) is 0 Å². The molecule has 0 aromatic rings. The summed E-state index contributed by atoms with van der Waals surface area (Å²) in [6.45, 7) is 12.9. The van der Waals surface area contributed by atoms with Crippen LogP contribution in [0.3, 0.4) is 0 Å².